The van der Waals surface area contributed by atoms with Crippen molar-refractivity contribution in [3.05, 3.63) is 77.9 Å². The van der Waals surface area contributed by atoms with Crippen molar-refractivity contribution in [2.24, 2.45) is 5.92 Å². The van der Waals surface area contributed by atoms with Crippen LogP contribution >= 0.6 is 0 Å². The van der Waals surface area contributed by atoms with E-state index in [1.165, 1.54) is 0 Å². The molecule has 0 saturated heterocycles. The second kappa shape index (κ2) is 7.90. The van der Waals surface area contributed by atoms with Crippen LogP contribution in [0.4, 0.5) is 0 Å². The minimum Gasteiger partial charge on any atom is -0.347 e. The molecule has 3 amide bonds. The van der Waals surface area contributed by atoms with E-state index in [2.05, 4.69) is 15.5 Å². The van der Waals surface area contributed by atoms with Crippen molar-refractivity contribution in [1.29, 1.82) is 0 Å². The Hall–Kier alpha value is -3.81. The van der Waals surface area contributed by atoms with Crippen LogP contribution in [-0.4, -0.2) is 43.4 Å². The van der Waals surface area contributed by atoms with Gasteiger partial charge in [0.2, 0.25) is 5.91 Å². The van der Waals surface area contributed by atoms with E-state index in [1.54, 1.807) is 49.0 Å². The maximum absolute atomic E-state index is 13.0. The van der Waals surface area contributed by atoms with Crippen molar-refractivity contribution in [3.63, 3.8) is 0 Å². The van der Waals surface area contributed by atoms with Crippen LogP contribution in [0.5, 0.6) is 0 Å². The minimum atomic E-state index is -0.925. The van der Waals surface area contributed by atoms with Crippen molar-refractivity contribution in [3.8, 4) is 5.69 Å². The number of amides is 3. The summed E-state index contributed by atoms with van der Waals surface area (Å²) in [7, 11) is 0. The van der Waals surface area contributed by atoms with Crippen LogP contribution in [0.1, 0.15) is 40.4 Å². The normalized spacial score (nSPS) is 14.2. The number of hydrogen-bond acceptors (Lipinski definition) is 5. The zero-order valence-corrected chi connectivity index (χ0v) is 16.6. The van der Waals surface area contributed by atoms with Gasteiger partial charge < -0.3 is 5.32 Å². The summed E-state index contributed by atoms with van der Waals surface area (Å²) >= 11 is 0. The van der Waals surface area contributed by atoms with Gasteiger partial charge in [-0.1, -0.05) is 44.2 Å². The molecule has 1 unspecified atom stereocenters. The highest BCUT2D eigenvalue weighted by Gasteiger charge is 2.43. The molecule has 1 atom stereocenters. The first-order valence-electron chi connectivity index (χ1n) is 9.68. The summed E-state index contributed by atoms with van der Waals surface area (Å²) in [6, 6.07) is 15.2. The molecule has 2 heterocycles. The molecule has 0 spiro atoms. The van der Waals surface area contributed by atoms with E-state index >= 15 is 0 Å². The fourth-order valence-corrected chi connectivity index (χ4v) is 3.63. The first-order valence-corrected chi connectivity index (χ1v) is 9.68. The number of fused-ring (bicyclic) bond motifs is 1. The molecule has 0 aliphatic carbocycles. The van der Waals surface area contributed by atoms with E-state index in [-0.39, 0.29) is 12.5 Å². The zero-order chi connectivity index (χ0) is 21.3. The standard InChI is InChI=1S/C22H21N5O3/c1-14(2)19(27-21(29)16-10-6-7-11-17(16)22(27)30)20(28)23-12-18-25-24-13-26(18)15-8-4-3-5-9-15/h3-11,13-14,19H,12H2,1-2H3,(H,23,28). The molecule has 0 radical (unpaired) electrons. The van der Waals surface area contributed by atoms with Gasteiger partial charge in [-0.25, -0.2) is 0 Å². The first-order chi connectivity index (χ1) is 14.5. The number of benzene rings is 2. The molecule has 1 aliphatic rings. The summed E-state index contributed by atoms with van der Waals surface area (Å²) < 4.78 is 1.77. The number of carbonyl (C=O) groups is 3. The number of para-hydroxylation sites is 1. The maximum Gasteiger partial charge on any atom is 0.262 e. The van der Waals surface area contributed by atoms with Crippen LogP contribution in [0.3, 0.4) is 0 Å². The fourth-order valence-electron chi connectivity index (χ4n) is 3.63. The number of nitrogens with one attached hydrogen (secondary N) is 1. The highest BCUT2D eigenvalue weighted by molar-refractivity contribution is 6.22. The monoisotopic (exact) mass is 403 g/mol. The summed E-state index contributed by atoms with van der Waals surface area (Å²) in [5.74, 6) is -1.03. The smallest absolute Gasteiger partial charge is 0.262 e. The van der Waals surface area contributed by atoms with Crippen LogP contribution in [-0.2, 0) is 11.3 Å². The number of carbonyl (C=O) groups excluding carboxylic acids is 3. The zero-order valence-electron chi connectivity index (χ0n) is 16.6. The number of nitrogens with zero attached hydrogens (tertiary/aromatic N) is 4. The van der Waals surface area contributed by atoms with E-state index in [0.29, 0.717) is 17.0 Å². The highest BCUT2D eigenvalue weighted by atomic mass is 16.2. The Morgan fingerprint density at radius 3 is 2.17 bits per heavy atom. The highest BCUT2D eigenvalue weighted by Crippen LogP contribution is 2.27. The molecule has 0 saturated carbocycles. The number of imide groups is 1. The van der Waals surface area contributed by atoms with Crippen LogP contribution in [0, 0.1) is 5.92 Å². The van der Waals surface area contributed by atoms with Crippen LogP contribution in [0.15, 0.2) is 60.9 Å². The second-order valence-corrected chi connectivity index (χ2v) is 7.39. The molecule has 30 heavy (non-hydrogen) atoms. The van der Waals surface area contributed by atoms with Crippen LogP contribution < -0.4 is 5.32 Å². The predicted octanol–water partition coefficient (Wildman–Crippen LogP) is 2.20. The maximum atomic E-state index is 13.0. The third-order valence-electron chi connectivity index (χ3n) is 5.08. The van der Waals surface area contributed by atoms with Gasteiger partial charge in [0.15, 0.2) is 5.82 Å². The van der Waals surface area contributed by atoms with Gasteiger partial charge in [-0.2, -0.15) is 0 Å². The fraction of sp³-hybridized carbons (Fsp3) is 0.227. The minimum absolute atomic E-state index is 0.111. The van der Waals surface area contributed by atoms with Crippen LogP contribution in [0.25, 0.3) is 5.69 Å². The summed E-state index contributed by atoms with van der Waals surface area (Å²) in [5, 5.41) is 10.8. The number of aromatic nitrogens is 3. The third kappa shape index (κ3) is 3.36. The molecule has 8 nitrogen and oxygen atoms in total. The Kier molecular flexibility index (Phi) is 5.14. The lowest BCUT2D eigenvalue weighted by molar-refractivity contribution is -0.126. The van der Waals surface area contributed by atoms with Gasteiger partial charge in [0.05, 0.1) is 17.7 Å². The predicted molar refractivity (Wildman–Crippen MR) is 109 cm³/mol. The lowest BCUT2D eigenvalue weighted by atomic mass is 10.0. The second-order valence-electron chi connectivity index (χ2n) is 7.39. The molecule has 1 aromatic heterocycles. The van der Waals surface area contributed by atoms with Gasteiger partial charge in [0.25, 0.3) is 11.8 Å². The Morgan fingerprint density at radius 2 is 1.57 bits per heavy atom. The average Bonchev–Trinajstić information content (AvgIpc) is 3.32. The Labute approximate surface area is 173 Å². The Bertz CT molecular complexity index is 1070. The molecule has 152 valence electrons. The van der Waals surface area contributed by atoms with Crippen molar-refractivity contribution in [2.75, 3.05) is 0 Å². The van der Waals surface area contributed by atoms with Crippen molar-refractivity contribution in [1.82, 2.24) is 25.0 Å². The van der Waals surface area contributed by atoms with E-state index in [0.717, 1.165) is 10.6 Å². The van der Waals surface area contributed by atoms with Crippen LogP contribution in [0.2, 0.25) is 0 Å². The van der Waals surface area contributed by atoms with E-state index in [1.807, 2.05) is 30.3 Å². The Morgan fingerprint density at radius 1 is 0.967 bits per heavy atom. The van der Waals surface area contributed by atoms with Crippen molar-refractivity contribution >= 4 is 17.7 Å². The quantitative estimate of drug-likeness (QED) is 0.637. The average molecular weight is 403 g/mol. The molecular weight excluding hydrogens is 382 g/mol. The molecule has 4 rings (SSSR count). The van der Waals surface area contributed by atoms with Gasteiger partial charge in [-0.05, 0) is 30.2 Å². The lowest BCUT2D eigenvalue weighted by Crippen LogP contribution is -2.52. The van der Waals surface area contributed by atoms with Crippen molar-refractivity contribution in [2.45, 2.75) is 26.4 Å². The van der Waals surface area contributed by atoms with Gasteiger partial charge in [-0.3, -0.25) is 23.9 Å². The number of rotatable bonds is 6. The molecule has 1 N–H and O–H groups in total. The third-order valence-corrected chi connectivity index (χ3v) is 5.08. The molecule has 0 bridgehead atoms. The molecule has 0 fully saturated rings. The molecular formula is C22H21N5O3. The summed E-state index contributed by atoms with van der Waals surface area (Å²) in [4.78, 5) is 39.8. The summed E-state index contributed by atoms with van der Waals surface area (Å²) in [5.41, 5.74) is 1.52. The van der Waals surface area contributed by atoms with Gasteiger partial charge in [0, 0.05) is 5.69 Å². The summed E-state index contributed by atoms with van der Waals surface area (Å²) in [6.45, 7) is 3.72. The van der Waals surface area contributed by atoms with Gasteiger partial charge in [0.1, 0.15) is 12.4 Å². The van der Waals surface area contributed by atoms with E-state index in [4.69, 9.17) is 0 Å². The van der Waals surface area contributed by atoms with Gasteiger partial charge in [-0.15, -0.1) is 10.2 Å². The Balaban J connectivity index is 1.54. The molecule has 2 aromatic carbocycles. The largest absolute Gasteiger partial charge is 0.347 e. The molecule has 8 heteroatoms. The first kappa shape index (κ1) is 19.5. The van der Waals surface area contributed by atoms with Crippen molar-refractivity contribution < 1.29 is 14.4 Å². The van der Waals surface area contributed by atoms with E-state index < -0.39 is 23.8 Å². The lowest BCUT2D eigenvalue weighted by Gasteiger charge is -2.28. The molecule has 1 aliphatic heterocycles. The topological polar surface area (TPSA) is 97.2 Å². The number of hydrogen-bond donors (Lipinski definition) is 1. The SMILES string of the molecule is CC(C)C(C(=O)NCc1nncn1-c1ccccc1)N1C(=O)c2ccccc2C1=O. The van der Waals surface area contributed by atoms with Gasteiger partial charge >= 0.3 is 0 Å². The van der Waals surface area contributed by atoms with E-state index in [9.17, 15) is 14.4 Å². The molecule has 3 aromatic rings. The summed E-state index contributed by atoms with van der Waals surface area (Å²) in [6.07, 6.45) is 1.57.